The lowest BCUT2D eigenvalue weighted by molar-refractivity contribution is 0.419. The lowest BCUT2D eigenvalue weighted by Crippen LogP contribution is -1.89. The van der Waals surface area contributed by atoms with Crippen LogP contribution in [-0.4, -0.2) is 22.1 Å². The fourth-order valence-electron chi connectivity index (χ4n) is 2.09. The molecular weight excluding hydrogens is 350 g/mol. The maximum absolute atomic E-state index is 5.66. The van der Waals surface area contributed by atoms with Gasteiger partial charge in [-0.15, -0.1) is 22.7 Å². The number of aromatic nitrogens is 3. The molecule has 3 N–H and O–H groups in total. The Morgan fingerprint density at radius 1 is 1.04 bits per heavy atom. The van der Waals surface area contributed by atoms with E-state index in [2.05, 4.69) is 20.3 Å². The van der Waals surface area contributed by atoms with E-state index in [0.717, 1.165) is 37.6 Å². The number of nitrogens with two attached hydrogens (primary N) is 1. The van der Waals surface area contributed by atoms with Crippen LogP contribution in [0.25, 0.3) is 21.6 Å². The number of methoxy groups -OCH3 is 1. The first-order chi connectivity index (χ1) is 11.2. The van der Waals surface area contributed by atoms with E-state index in [1.165, 1.54) is 22.7 Å². The maximum atomic E-state index is 5.66. The Morgan fingerprint density at radius 3 is 2.65 bits per heavy atom. The summed E-state index contributed by atoms with van der Waals surface area (Å²) in [5, 5.41) is 9.19. The molecule has 0 aliphatic carbocycles. The van der Waals surface area contributed by atoms with Gasteiger partial charge in [0.2, 0.25) is 0 Å². The molecule has 0 saturated heterocycles. The topological polar surface area (TPSA) is 86.0 Å². The minimum absolute atomic E-state index is 0.542. The summed E-state index contributed by atoms with van der Waals surface area (Å²) in [5.74, 6) is 0.768. The quantitative estimate of drug-likeness (QED) is 0.566. The zero-order valence-electron chi connectivity index (χ0n) is 11.9. The van der Waals surface area contributed by atoms with E-state index in [4.69, 9.17) is 10.5 Å². The first-order valence-electron chi connectivity index (χ1n) is 6.60. The largest absolute Gasteiger partial charge is 0.494 e. The molecule has 23 heavy (non-hydrogen) atoms. The van der Waals surface area contributed by atoms with Gasteiger partial charge in [0.1, 0.15) is 22.7 Å². The molecule has 3 heterocycles. The summed E-state index contributed by atoms with van der Waals surface area (Å²) in [5.41, 5.74) is 8.12. The molecule has 0 saturated carbocycles. The van der Waals surface area contributed by atoms with Gasteiger partial charge in [-0.3, -0.25) is 0 Å². The second-order valence-electron chi connectivity index (χ2n) is 4.56. The number of rotatable bonds is 4. The van der Waals surface area contributed by atoms with Gasteiger partial charge in [0, 0.05) is 10.8 Å². The number of thiazole rings is 3. The van der Waals surface area contributed by atoms with Crippen molar-refractivity contribution in [2.45, 2.75) is 0 Å². The second-order valence-corrected chi connectivity index (χ2v) is 7.34. The molecule has 0 fully saturated rings. The van der Waals surface area contributed by atoms with E-state index in [9.17, 15) is 0 Å². The molecule has 0 aliphatic rings. The molecule has 6 nitrogen and oxygen atoms in total. The molecule has 9 heteroatoms. The lowest BCUT2D eigenvalue weighted by atomic mass is 10.3. The maximum Gasteiger partial charge on any atom is 0.190 e. The van der Waals surface area contributed by atoms with E-state index in [-0.39, 0.29) is 0 Å². The van der Waals surface area contributed by atoms with E-state index >= 15 is 0 Å². The molecule has 116 valence electrons. The van der Waals surface area contributed by atoms with Crippen LogP contribution in [0.4, 0.5) is 15.4 Å². The van der Waals surface area contributed by atoms with Crippen LogP contribution in [0.3, 0.4) is 0 Å². The minimum atomic E-state index is 0.542. The van der Waals surface area contributed by atoms with Crippen LogP contribution in [0, 0.1) is 0 Å². The van der Waals surface area contributed by atoms with Crippen molar-refractivity contribution >= 4 is 59.6 Å². The van der Waals surface area contributed by atoms with E-state index in [1.54, 1.807) is 18.4 Å². The van der Waals surface area contributed by atoms with Crippen LogP contribution >= 0.6 is 34.0 Å². The van der Waals surface area contributed by atoms with E-state index < -0.39 is 0 Å². The third kappa shape index (κ3) is 2.74. The van der Waals surface area contributed by atoms with Crippen molar-refractivity contribution in [2.24, 2.45) is 0 Å². The predicted molar refractivity (Wildman–Crippen MR) is 97.1 cm³/mol. The van der Waals surface area contributed by atoms with Gasteiger partial charge >= 0.3 is 0 Å². The average Bonchev–Trinajstić information content (AvgIpc) is 3.25. The van der Waals surface area contributed by atoms with Crippen molar-refractivity contribution in [3.05, 3.63) is 29.0 Å². The van der Waals surface area contributed by atoms with Crippen molar-refractivity contribution in [1.82, 2.24) is 15.0 Å². The van der Waals surface area contributed by atoms with Gasteiger partial charge in [-0.1, -0.05) is 17.4 Å². The molecule has 0 bridgehead atoms. The van der Waals surface area contributed by atoms with Crippen molar-refractivity contribution in [1.29, 1.82) is 0 Å². The van der Waals surface area contributed by atoms with Gasteiger partial charge in [0.25, 0.3) is 0 Å². The number of nitrogen functional groups attached to an aromatic ring is 1. The molecular formula is C14H11N5OS3. The average molecular weight is 361 g/mol. The molecule has 0 amide bonds. The lowest BCUT2D eigenvalue weighted by Gasteiger charge is -1.98. The van der Waals surface area contributed by atoms with Gasteiger partial charge in [-0.2, -0.15) is 0 Å². The molecule has 0 spiro atoms. The van der Waals surface area contributed by atoms with Crippen molar-refractivity contribution in [3.63, 3.8) is 0 Å². The molecule has 4 rings (SSSR count). The fourth-order valence-corrected chi connectivity index (χ4v) is 4.29. The van der Waals surface area contributed by atoms with Crippen LogP contribution in [0.1, 0.15) is 0 Å². The molecule has 0 aliphatic heterocycles. The Bertz CT molecular complexity index is 974. The van der Waals surface area contributed by atoms with Crippen LogP contribution < -0.4 is 15.8 Å². The van der Waals surface area contributed by atoms with Crippen molar-refractivity contribution in [2.75, 3.05) is 18.2 Å². The standard InChI is InChI=1S/C14H11N5OS3/c1-20-9-3-2-4-10-11(9)18-14(23-10)19-13-17-8(6-22-13)7-5-21-12(15)16-7/h2-6H,1H3,(H2,15,16)(H,17,18,19). The highest BCUT2D eigenvalue weighted by molar-refractivity contribution is 7.22. The monoisotopic (exact) mass is 361 g/mol. The SMILES string of the molecule is COc1cccc2sc(Nc3nc(-c4csc(N)n4)cs3)nc12. The summed E-state index contributed by atoms with van der Waals surface area (Å²) in [7, 11) is 1.65. The first-order valence-corrected chi connectivity index (χ1v) is 9.18. The fraction of sp³-hybridized carbons (Fsp3) is 0.0714. The van der Waals surface area contributed by atoms with E-state index in [0.29, 0.717) is 5.13 Å². The Morgan fingerprint density at radius 2 is 1.87 bits per heavy atom. The van der Waals surface area contributed by atoms with E-state index in [1.807, 2.05) is 29.0 Å². The summed E-state index contributed by atoms with van der Waals surface area (Å²) in [4.78, 5) is 13.4. The third-order valence-electron chi connectivity index (χ3n) is 3.10. The first kappa shape index (κ1) is 14.4. The van der Waals surface area contributed by atoms with Crippen molar-refractivity contribution in [3.8, 4) is 17.1 Å². The van der Waals surface area contributed by atoms with Crippen LogP contribution in [-0.2, 0) is 0 Å². The van der Waals surface area contributed by atoms with Gasteiger partial charge < -0.3 is 15.8 Å². The molecule has 0 atom stereocenters. The Hall–Kier alpha value is -2.23. The van der Waals surface area contributed by atoms with Crippen LogP contribution in [0.5, 0.6) is 5.75 Å². The number of nitrogens with zero attached hydrogens (tertiary/aromatic N) is 3. The zero-order chi connectivity index (χ0) is 15.8. The Labute approximate surface area is 143 Å². The number of fused-ring (bicyclic) bond motifs is 1. The Kier molecular flexibility index (Phi) is 3.60. The zero-order valence-corrected chi connectivity index (χ0v) is 14.4. The highest BCUT2D eigenvalue weighted by atomic mass is 32.1. The molecule has 1 aromatic carbocycles. The van der Waals surface area contributed by atoms with Crippen molar-refractivity contribution < 1.29 is 4.74 Å². The smallest absolute Gasteiger partial charge is 0.190 e. The minimum Gasteiger partial charge on any atom is -0.494 e. The van der Waals surface area contributed by atoms with Gasteiger partial charge in [0.15, 0.2) is 15.4 Å². The highest BCUT2D eigenvalue weighted by Crippen LogP contribution is 2.35. The normalized spacial score (nSPS) is 11.0. The molecule has 3 aromatic heterocycles. The number of para-hydroxylation sites is 1. The number of hydrogen-bond donors (Lipinski definition) is 2. The van der Waals surface area contributed by atoms with Gasteiger partial charge in [-0.05, 0) is 12.1 Å². The molecule has 0 unspecified atom stereocenters. The summed E-state index contributed by atoms with van der Waals surface area (Å²) >= 11 is 4.47. The van der Waals surface area contributed by atoms with Gasteiger partial charge in [-0.25, -0.2) is 15.0 Å². The summed E-state index contributed by atoms with van der Waals surface area (Å²) in [6.45, 7) is 0. The Balaban J connectivity index is 1.62. The van der Waals surface area contributed by atoms with Gasteiger partial charge in [0.05, 0.1) is 11.8 Å². The summed E-state index contributed by atoms with van der Waals surface area (Å²) in [6, 6.07) is 5.88. The predicted octanol–water partition coefficient (Wildman–Crippen LogP) is 4.21. The second kappa shape index (κ2) is 5.76. The van der Waals surface area contributed by atoms with Crippen LogP contribution in [0.2, 0.25) is 0 Å². The van der Waals surface area contributed by atoms with Crippen LogP contribution in [0.15, 0.2) is 29.0 Å². The highest BCUT2D eigenvalue weighted by Gasteiger charge is 2.11. The number of nitrogens with one attached hydrogen (secondary N) is 1. The summed E-state index contributed by atoms with van der Waals surface area (Å²) in [6.07, 6.45) is 0. The number of hydrogen-bond acceptors (Lipinski definition) is 9. The number of anilines is 3. The molecule has 0 radical (unpaired) electrons. The molecule has 4 aromatic rings. The third-order valence-corrected chi connectivity index (χ3v) is 5.47. The summed E-state index contributed by atoms with van der Waals surface area (Å²) < 4.78 is 6.41. The number of ether oxygens (including phenoxy) is 1. The number of benzene rings is 1.